The predicted molar refractivity (Wildman–Crippen MR) is 63.3 cm³/mol. The average Bonchev–Trinajstić information content (AvgIpc) is 2.23. The molecule has 0 bridgehead atoms. The summed E-state index contributed by atoms with van der Waals surface area (Å²) in [5.74, 6) is 0.310. The molecule has 1 unspecified atom stereocenters. The standard InChI is InChI=1S/C12H18N2O2/c1-6-5-9(10(13)12(14)15)7(2)8(3)11(6)16-4/h5,10H,13H2,1-4H3,(H2,14,15). The van der Waals surface area contributed by atoms with Crippen molar-refractivity contribution in [2.75, 3.05) is 7.11 Å². The van der Waals surface area contributed by atoms with Gasteiger partial charge in [-0.3, -0.25) is 4.79 Å². The maximum absolute atomic E-state index is 11.1. The zero-order valence-corrected chi connectivity index (χ0v) is 10.1. The molecular weight excluding hydrogens is 204 g/mol. The summed E-state index contributed by atoms with van der Waals surface area (Å²) in [7, 11) is 1.63. The minimum Gasteiger partial charge on any atom is -0.496 e. The molecule has 4 N–H and O–H groups in total. The van der Waals surface area contributed by atoms with Crippen LogP contribution in [0.3, 0.4) is 0 Å². The Morgan fingerprint density at radius 2 is 1.88 bits per heavy atom. The number of primary amides is 1. The smallest absolute Gasteiger partial charge is 0.238 e. The number of rotatable bonds is 3. The zero-order valence-electron chi connectivity index (χ0n) is 10.1. The molecule has 16 heavy (non-hydrogen) atoms. The van der Waals surface area contributed by atoms with Gasteiger partial charge in [0.1, 0.15) is 11.8 Å². The highest BCUT2D eigenvalue weighted by Crippen LogP contribution is 2.30. The van der Waals surface area contributed by atoms with Crippen molar-refractivity contribution in [1.29, 1.82) is 0 Å². The summed E-state index contributed by atoms with van der Waals surface area (Å²) in [6.07, 6.45) is 0. The van der Waals surface area contributed by atoms with Gasteiger partial charge in [-0.15, -0.1) is 0 Å². The van der Waals surface area contributed by atoms with Crippen molar-refractivity contribution in [1.82, 2.24) is 0 Å². The van der Waals surface area contributed by atoms with Gasteiger partial charge < -0.3 is 16.2 Å². The number of amides is 1. The highest BCUT2D eigenvalue weighted by Gasteiger charge is 2.18. The number of benzene rings is 1. The SMILES string of the molecule is COc1c(C)cc(C(N)C(N)=O)c(C)c1C. The van der Waals surface area contributed by atoms with E-state index in [1.807, 2.05) is 26.8 Å². The van der Waals surface area contributed by atoms with Gasteiger partial charge in [-0.2, -0.15) is 0 Å². The monoisotopic (exact) mass is 222 g/mol. The third-order valence-electron chi connectivity index (χ3n) is 2.91. The van der Waals surface area contributed by atoms with Crippen molar-refractivity contribution >= 4 is 5.91 Å². The van der Waals surface area contributed by atoms with Crippen LogP contribution in [0.25, 0.3) is 0 Å². The molecule has 0 aliphatic carbocycles. The van der Waals surface area contributed by atoms with Crippen LogP contribution in [-0.2, 0) is 4.79 Å². The lowest BCUT2D eigenvalue weighted by Crippen LogP contribution is -2.29. The van der Waals surface area contributed by atoms with Gasteiger partial charge in [-0.1, -0.05) is 6.07 Å². The highest BCUT2D eigenvalue weighted by molar-refractivity contribution is 5.82. The van der Waals surface area contributed by atoms with E-state index < -0.39 is 11.9 Å². The topological polar surface area (TPSA) is 78.3 Å². The van der Waals surface area contributed by atoms with Crippen molar-refractivity contribution in [3.63, 3.8) is 0 Å². The summed E-state index contributed by atoms with van der Waals surface area (Å²) < 4.78 is 5.29. The van der Waals surface area contributed by atoms with Gasteiger partial charge in [0.2, 0.25) is 5.91 Å². The Hall–Kier alpha value is -1.55. The number of carbonyl (C=O) groups is 1. The second kappa shape index (κ2) is 4.53. The highest BCUT2D eigenvalue weighted by atomic mass is 16.5. The third kappa shape index (κ3) is 2.02. The number of ether oxygens (including phenoxy) is 1. The molecule has 0 fully saturated rings. The van der Waals surface area contributed by atoms with E-state index in [4.69, 9.17) is 16.2 Å². The summed E-state index contributed by atoms with van der Waals surface area (Å²) in [5, 5.41) is 0. The Morgan fingerprint density at radius 3 is 2.31 bits per heavy atom. The fourth-order valence-corrected chi connectivity index (χ4v) is 1.88. The lowest BCUT2D eigenvalue weighted by molar-refractivity contribution is -0.119. The molecule has 0 radical (unpaired) electrons. The molecule has 1 aromatic rings. The number of hydrogen-bond donors (Lipinski definition) is 2. The van der Waals surface area contributed by atoms with E-state index in [0.717, 1.165) is 28.0 Å². The van der Waals surface area contributed by atoms with Crippen molar-refractivity contribution in [2.24, 2.45) is 11.5 Å². The lowest BCUT2D eigenvalue weighted by Gasteiger charge is -2.18. The Labute approximate surface area is 95.6 Å². The van der Waals surface area contributed by atoms with Crippen LogP contribution in [0.5, 0.6) is 5.75 Å². The number of aryl methyl sites for hydroxylation is 1. The van der Waals surface area contributed by atoms with Crippen LogP contribution in [-0.4, -0.2) is 13.0 Å². The molecule has 0 aliphatic rings. The molecule has 0 heterocycles. The predicted octanol–water partition coefficient (Wildman–Crippen LogP) is 1.11. The van der Waals surface area contributed by atoms with Crippen LogP contribution in [0, 0.1) is 20.8 Å². The van der Waals surface area contributed by atoms with Crippen LogP contribution in [0.2, 0.25) is 0 Å². The molecule has 0 aromatic heterocycles. The van der Waals surface area contributed by atoms with E-state index in [-0.39, 0.29) is 0 Å². The van der Waals surface area contributed by atoms with Gasteiger partial charge in [0.05, 0.1) is 7.11 Å². The van der Waals surface area contributed by atoms with Crippen molar-refractivity contribution in [3.05, 3.63) is 28.3 Å². The van der Waals surface area contributed by atoms with Crippen LogP contribution >= 0.6 is 0 Å². The first-order chi connectivity index (χ1) is 7.40. The maximum atomic E-state index is 11.1. The van der Waals surface area contributed by atoms with Crippen LogP contribution in [0.15, 0.2) is 6.07 Å². The fourth-order valence-electron chi connectivity index (χ4n) is 1.88. The second-order valence-electron chi connectivity index (χ2n) is 3.95. The summed E-state index contributed by atoms with van der Waals surface area (Å²) >= 11 is 0. The first kappa shape index (κ1) is 12.5. The maximum Gasteiger partial charge on any atom is 0.238 e. The van der Waals surface area contributed by atoms with Crippen molar-refractivity contribution in [2.45, 2.75) is 26.8 Å². The number of carbonyl (C=O) groups excluding carboxylic acids is 1. The van der Waals surface area contributed by atoms with Crippen molar-refractivity contribution < 1.29 is 9.53 Å². The first-order valence-electron chi connectivity index (χ1n) is 5.09. The van der Waals surface area contributed by atoms with E-state index in [1.165, 1.54) is 0 Å². The summed E-state index contributed by atoms with van der Waals surface area (Å²) in [4.78, 5) is 11.1. The molecule has 4 nitrogen and oxygen atoms in total. The zero-order chi connectivity index (χ0) is 12.5. The molecule has 0 saturated carbocycles. The van der Waals surface area contributed by atoms with E-state index in [9.17, 15) is 4.79 Å². The molecular formula is C12H18N2O2. The molecule has 1 atom stereocenters. The van der Waals surface area contributed by atoms with E-state index >= 15 is 0 Å². The third-order valence-corrected chi connectivity index (χ3v) is 2.91. The Balaban J connectivity index is 3.39. The van der Waals surface area contributed by atoms with E-state index in [2.05, 4.69) is 0 Å². The van der Waals surface area contributed by atoms with Gasteiger partial charge in [0.15, 0.2) is 0 Å². The molecule has 1 aromatic carbocycles. The molecule has 1 amide bonds. The van der Waals surface area contributed by atoms with Crippen LogP contribution in [0.4, 0.5) is 0 Å². The summed E-state index contributed by atoms with van der Waals surface area (Å²) in [6.45, 7) is 5.77. The van der Waals surface area contributed by atoms with Gasteiger partial charge in [-0.25, -0.2) is 0 Å². The normalized spacial score (nSPS) is 12.3. The van der Waals surface area contributed by atoms with Gasteiger partial charge in [0.25, 0.3) is 0 Å². The van der Waals surface area contributed by atoms with Gasteiger partial charge in [-0.05, 0) is 43.0 Å². The molecule has 1 rings (SSSR count). The Morgan fingerprint density at radius 1 is 1.31 bits per heavy atom. The minimum atomic E-state index is -0.761. The van der Waals surface area contributed by atoms with Gasteiger partial charge >= 0.3 is 0 Å². The van der Waals surface area contributed by atoms with Crippen LogP contribution in [0.1, 0.15) is 28.3 Å². The van der Waals surface area contributed by atoms with Crippen molar-refractivity contribution in [3.8, 4) is 5.75 Å². The molecule has 0 aliphatic heterocycles. The molecule has 0 spiro atoms. The Kier molecular flexibility index (Phi) is 3.55. The number of methoxy groups -OCH3 is 1. The number of hydrogen-bond acceptors (Lipinski definition) is 3. The molecule has 88 valence electrons. The second-order valence-corrected chi connectivity index (χ2v) is 3.95. The van der Waals surface area contributed by atoms with E-state index in [0.29, 0.717) is 0 Å². The minimum absolute atomic E-state index is 0.521. The average molecular weight is 222 g/mol. The fraction of sp³-hybridized carbons (Fsp3) is 0.417. The lowest BCUT2D eigenvalue weighted by atomic mass is 9.94. The molecule has 0 saturated heterocycles. The van der Waals surface area contributed by atoms with Crippen LogP contribution < -0.4 is 16.2 Å². The largest absolute Gasteiger partial charge is 0.496 e. The van der Waals surface area contributed by atoms with Gasteiger partial charge in [0, 0.05) is 0 Å². The molecule has 4 heteroatoms. The first-order valence-corrected chi connectivity index (χ1v) is 5.09. The Bertz CT molecular complexity index is 428. The summed E-state index contributed by atoms with van der Waals surface area (Å²) in [6, 6.07) is 1.10. The quantitative estimate of drug-likeness (QED) is 0.804. The van der Waals surface area contributed by atoms with E-state index in [1.54, 1.807) is 7.11 Å². The number of nitrogens with two attached hydrogens (primary N) is 2. The summed E-state index contributed by atoms with van der Waals surface area (Å²) in [5.41, 5.74) is 14.6.